The number of nitrogens with one attached hydrogen (secondary N) is 1. The summed E-state index contributed by atoms with van der Waals surface area (Å²) >= 11 is 1.65. The predicted octanol–water partition coefficient (Wildman–Crippen LogP) is 4.50. The number of amides is 1. The molecule has 0 fully saturated rings. The van der Waals surface area contributed by atoms with Gasteiger partial charge >= 0.3 is 0 Å². The van der Waals surface area contributed by atoms with Crippen molar-refractivity contribution >= 4 is 28.1 Å². The van der Waals surface area contributed by atoms with Crippen molar-refractivity contribution in [2.45, 2.75) is 26.8 Å². The van der Waals surface area contributed by atoms with Crippen LogP contribution in [0.25, 0.3) is 10.9 Å². The maximum absolute atomic E-state index is 12.4. The van der Waals surface area contributed by atoms with Crippen LogP contribution in [-0.2, 0) is 4.79 Å². The van der Waals surface area contributed by atoms with E-state index in [0.29, 0.717) is 11.7 Å². The quantitative estimate of drug-likeness (QED) is 0.709. The number of pyridine rings is 1. The average Bonchev–Trinajstić information content (AvgIpc) is 3.11. The largest absolute Gasteiger partial charge is 0.481 e. The summed E-state index contributed by atoms with van der Waals surface area (Å²) in [5.41, 5.74) is 1.71. The number of carbonyl (C=O) groups is 1. The second-order valence-electron chi connectivity index (χ2n) is 6.37. The van der Waals surface area contributed by atoms with Crippen molar-refractivity contribution in [2.75, 3.05) is 6.61 Å². The number of carbonyl (C=O) groups excluding carboxylic acids is 1. The lowest BCUT2D eigenvalue weighted by Gasteiger charge is -2.21. The van der Waals surface area contributed by atoms with E-state index in [-0.39, 0.29) is 18.6 Å². The second-order valence-corrected chi connectivity index (χ2v) is 7.35. The molecule has 4 nitrogen and oxygen atoms in total. The standard InChI is InChI=1S/C20H22N2O2S/c1-13(2)19(17-8-5-11-25-17)22-18(23)12-24-16-7-4-6-15-10-9-14(3)21-20(15)16/h4-11,13,19H,12H2,1-3H3,(H,22,23). The third-order valence-corrected chi connectivity index (χ3v) is 4.97. The van der Waals surface area contributed by atoms with Crippen LogP contribution in [0.15, 0.2) is 47.8 Å². The number of ether oxygens (including phenoxy) is 1. The molecule has 0 spiro atoms. The van der Waals surface area contributed by atoms with Crippen LogP contribution in [0.3, 0.4) is 0 Å². The highest BCUT2D eigenvalue weighted by molar-refractivity contribution is 7.10. The Hall–Kier alpha value is -2.40. The molecule has 0 aliphatic rings. The van der Waals surface area contributed by atoms with E-state index in [2.05, 4.69) is 24.1 Å². The molecule has 25 heavy (non-hydrogen) atoms. The Kier molecular flexibility index (Phi) is 5.34. The predicted molar refractivity (Wildman–Crippen MR) is 102 cm³/mol. The van der Waals surface area contributed by atoms with Crippen LogP contribution >= 0.6 is 11.3 Å². The summed E-state index contributed by atoms with van der Waals surface area (Å²) in [4.78, 5) is 18.1. The van der Waals surface area contributed by atoms with E-state index in [0.717, 1.165) is 21.5 Å². The lowest BCUT2D eigenvalue weighted by Crippen LogP contribution is -2.34. The SMILES string of the molecule is Cc1ccc2cccc(OCC(=O)NC(c3cccs3)C(C)C)c2n1. The molecule has 2 aromatic heterocycles. The minimum atomic E-state index is -0.128. The number of hydrogen-bond acceptors (Lipinski definition) is 4. The summed E-state index contributed by atoms with van der Waals surface area (Å²) < 4.78 is 5.76. The average molecular weight is 354 g/mol. The molecule has 2 heterocycles. The first kappa shape index (κ1) is 17.4. The Bertz CT molecular complexity index is 859. The van der Waals surface area contributed by atoms with Gasteiger partial charge in [-0.15, -0.1) is 11.3 Å². The molecule has 0 aliphatic carbocycles. The van der Waals surface area contributed by atoms with Crippen molar-refractivity contribution in [1.82, 2.24) is 10.3 Å². The van der Waals surface area contributed by atoms with Crippen molar-refractivity contribution < 1.29 is 9.53 Å². The van der Waals surface area contributed by atoms with Gasteiger partial charge in [0.05, 0.1) is 6.04 Å². The molecule has 0 aliphatic heterocycles. The third-order valence-electron chi connectivity index (χ3n) is 4.01. The van der Waals surface area contributed by atoms with Gasteiger partial charge in [-0.1, -0.05) is 38.1 Å². The van der Waals surface area contributed by atoms with Gasteiger partial charge in [0.1, 0.15) is 11.3 Å². The molecule has 0 radical (unpaired) electrons. The number of thiophene rings is 1. The number of hydrogen-bond donors (Lipinski definition) is 1. The van der Waals surface area contributed by atoms with Crippen molar-refractivity contribution in [3.63, 3.8) is 0 Å². The monoisotopic (exact) mass is 354 g/mol. The zero-order valence-electron chi connectivity index (χ0n) is 14.7. The lowest BCUT2D eigenvalue weighted by atomic mass is 10.0. The van der Waals surface area contributed by atoms with E-state index < -0.39 is 0 Å². The van der Waals surface area contributed by atoms with Crippen LogP contribution in [0.2, 0.25) is 0 Å². The summed E-state index contributed by atoms with van der Waals surface area (Å²) in [5.74, 6) is 0.815. The molecule has 5 heteroatoms. The molecule has 1 N–H and O–H groups in total. The minimum absolute atomic E-state index is 0.00369. The zero-order chi connectivity index (χ0) is 17.8. The van der Waals surface area contributed by atoms with E-state index in [9.17, 15) is 4.79 Å². The fourth-order valence-corrected chi connectivity index (χ4v) is 3.68. The van der Waals surface area contributed by atoms with Crippen LogP contribution < -0.4 is 10.1 Å². The molecule has 0 saturated heterocycles. The number of nitrogens with zero attached hydrogens (tertiary/aromatic N) is 1. The fourth-order valence-electron chi connectivity index (χ4n) is 2.73. The normalized spacial score (nSPS) is 12.3. The van der Waals surface area contributed by atoms with Gasteiger partial charge in [-0.3, -0.25) is 4.79 Å². The molecule has 0 bridgehead atoms. The zero-order valence-corrected chi connectivity index (χ0v) is 15.5. The molecule has 3 rings (SSSR count). The van der Waals surface area contributed by atoms with Crippen molar-refractivity contribution in [3.05, 3.63) is 58.4 Å². The van der Waals surface area contributed by atoms with Crippen LogP contribution in [0.5, 0.6) is 5.75 Å². The highest BCUT2D eigenvalue weighted by Crippen LogP contribution is 2.26. The number of rotatable bonds is 6. The number of para-hydroxylation sites is 1. The van der Waals surface area contributed by atoms with E-state index in [1.807, 2.05) is 54.8 Å². The highest BCUT2D eigenvalue weighted by atomic mass is 32.1. The second kappa shape index (κ2) is 7.66. The summed E-state index contributed by atoms with van der Waals surface area (Å²) in [6.45, 7) is 6.12. The Morgan fingerprint density at radius 1 is 1.20 bits per heavy atom. The fraction of sp³-hybridized carbons (Fsp3) is 0.300. The van der Waals surface area contributed by atoms with Crippen LogP contribution in [0.1, 0.15) is 30.5 Å². The van der Waals surface area contributed by atoms with Gasteiger partial charge in [0, 0.05) is 16.0 Å². The van der Waals surface area contributed by atoms with Crippen molar-refractivity contribution in [3.8, 4) is 5.75 Å². The van der Waals surface area contributed by atoms with E-state index in [1.54, 1.807) is 11.3 Å². The molecule has 1 atom stereocenters. The topological polar surface area (TPSA) is 51.2 Å². The highest BCUT2D eigenvalue weighted by Gasteiger charge is 2.19. The summed E-state index contributed by atoms with van der Waals surface area (Å²) in [6, 6.07) is 13.8. The molecule has 1 aromatic carbocycles. The summed E-state index contributed by atoms with van der Waals surface area (Å²) in [5, 5.41) is 6.10. The van der Waals surface area contributed by atoms with Crippen LogP contribution in [0, 0.1) is 12.8 Å². The smallest absolute Gasteiger partial charge is 0.258 e. The Morgan fingerprint density at radius 2 is 2.04 bits per heavy atom. The molecular formula is C20H22N2O2S. The summed E-state index contributed by atoms with van der Waals surface area (Å²) in [6.07, 6.45) is 0. The number of fused-ring (bicyclic) bond motifs is 1. The molecule has 130 valence electrons. The van der Waals surface area contributed by atoms with E-state index >= 15 is 0 Å². The van der Waals surface area contributed by atoms with E-state index in [4.69, 9.17) is 4.74 Å². The number of aromatic nitrogens is 1. The van der Waals surface area contributed by atoms with Crippen molar-refractivity contribution in [1.29, 1.82) is 0 Å². The van der Waals surface area contributed by atoms with Gasteiger partial charge < -0.3 is 10.1 Å². The molecule has 0 saturated carbocycles. The minimum Gasteiger partial charge on any atom is -0.481 e. The Balaban J connectivity index is 1.69. The Labute approximate surface area is 151 Å². The van der Waals surface area contributed by atoms with Crippen LogP contribution in [-0.4, -0.2) is 17.5 Å². The molecule has 1 unspecified atom stereocenters. The summed E-state index contributed by atoms with van der Waals surface area (Å²) in [7, 11) is 0. The van der Waals surface area contributed by atoms with Gasteiger partial charge in [-0.2, -0.15) is 0 Å². The number of aryl methyl sites for hydroxylation is 1. The molecule has 1 amide bonds. The lowest BCUT2D eigenvalue weighted by molar-refractivity contribution is -0.124. The molecular weight excluding hydrogens is 332 g/mol. The third kappa shape index (κ3) is 4.17. The Morgan fingerprint density at radius 3 is 2.76 bits per heavy atom. The first-order valence-corrected chi connectivity index (χ1v) is 9.24. The first-order valence-electron chi connectivity index (χ1n) is 8.36. The van der Waals surface area contributed by atoms with Gasteiger partial charge in [-0.25, -0.2) is 4.98 Å². The van der Waals surface area contributed by atoms with E-state index in [1.165, 1.54) is 0 Å². The van der Waals surface area contributed by atoms with Gasteiger partial charge in [0.15, 0.2) is 6.61 Å². The first-order chi connectivity index (χ1) is 12.0. The number of benzene rings is 1. The van der Waals surface area contributed by atoms with Gasteiger partial charge in [0.2, 0.25) is 0 Å². The van der Waals surface area contributed by atoms with Crippen molar-refractivity contribution in [2.24, 2.45) is 5.92 Å². The van der Waals surface area contributed by atoms with Crippen LogP contribution in [0.4, 0.5) is 0 Å². The van der Waals surface area contributed by atoms with Gasteiger partial charge in [0.25, 0.3) is 5.91 Å². The molecule has 3 aromatic rings. The maximum Gasteiger partial charge on any atom is 0.258 e. The maximum atomic E-state index is 12.4. The van der Waals surface area contributed by atoms with Gasteiger partial charge in [-0.05, 0) is 36.4 Å².